The monoisotopic (exact) mass is 341 g/mol. The average Bonchev–Trinajstić information content (AvgIpc) is 2.48. The van der Waals surface area contributed by atoms with E-state index in [0.717, 1.165) is 12.0 Å². The lowest BCUT2D eigenvalue weighted by Crippen LogP contribution is -2.47. The largest absolute Gasteiger partial charge is 0.460 e. The van der Waals surface area contributed by atoms with Crippen LogP contribution in [0.25, 0.3) is 0 Å². The number of carbonyl (C=O) groups is 2. The summed E-state index contributed by atoms with van der Waals surface area (Å²) in [5, 5.41) is 3.15. The summed E-state index contributed by atoms with van der Waals surface area (Å²) in [6.07, 6.45) is 0.574. The van der Waals surface area contributed by atoms with E-state index in [4.69, 9.17) is 9.47 Å². The van der Waals surface area contributed by atoms with Gasteiger partial charge in [0, 0.05) is 5.33 Å². The van der Waals surface area contributed by atoms with Crippen LogP contribution in [-0.4, -0.2) is 29.5 Å². The van der Waals surface area contributed by atoms with E-state index in [1.165, 1.54) is 0 Å². The third kappa shape index (κ3) is 4.23. The molecular weight excluding hydrogens is 326 g/mol. The van der Waals surface area contributed by atoms with E-state index < -0.39 is 18.1 Å². The molecule has 1 fully saturated rings. The molecule has 0 saturated carbocycles. The van der Waals surface area contributed by atoms with E-state index in [0.29, 0.717) is 11.8 Å². The Hall–Kier alpha value is -1.56. The summed E-state index contributed by atoms with van der Waals surface area (Å²) in [5.41, 5.74) is 0.897. The van der Waals surface area contributed by atoms with Gasteiger partial charge in [-0.15, -0.1) is 0 Å². The molecule has 2 atom stereocenters. The molecule has 1 heterocycles. The zero-order chi connectivity index (χ0) is 14.4. The first-order valence-electron chi connectivity index (χ1n) is 6.42. The maximum atomic E-state index is 11.7. The number of halogens is 1. The van der Waals surface area contributed by atoms with Gasteiger partial charge in [-0.05, 0) is 18.4 Å². The van der Waals surface area contributed by atoms with Crippen LogP contribution in [0.1, 0.15) is 18.4 Å². The molecule has 0 radical (unpaired) electrons. The van der Waals surface area contributed by atoms with Crippen molar-refractivity contribution in [2.24, 2.45) is 0 Å². The second-order valence-corrected chi connectivity index (χ2v) is 5.20. The van der Waals surface area contributed by atoms with Crippen LogP contribution in [-0.2, 0) is 20.9 Å². The Labute approximate surface area is 125 Å². The van der Waals surface area contributed by atoms with Crippen molar-refractivity contribution < 1.29 is 19.1 Å². The molecule has 1 aliphatic rings. The Bertz CT molecular complexity index is 466. The highest BCUT2D eigenvalue weighted by atomic mass is 79.9. The van der Waals surface area contributed by atoms with Gasteiger partial charge in [0.25, 0.3) is 0 Å². The minimum Gasteiger partial charge on any atom is -0.460 e. The molecule has 1 saturated heterocycles. The average molecular weight is 342 g/mol. The molecule has 20 heavy (non-hydrogen) atoms. The van der Waals surface area contributed by atoms with Crippen LogP contribution < -0.4 is 5.32 Å². The predicted molar refractivity (Wildman–Crippen MR) is 76.5 cm³/mol. The lowest BCUT2D eigenvalue weighted by atomic mass is 10.1. The maximum absolute atomic E-state index is 11.7. The SMILES string of the molecule is O=C(N[C@H]1CC[C@H](CBr)OC1=O)OCc1ccccc1. The van der Waals surface area contributed by atoms with Crippen LogP contribution in [0.5, 0.6) is 0 Å². The molecule has 1 aromatic rings. The van der Waals surface area contributed by atoms with Crippen molar-refractivity contribution in [1.29, 1.82) is 0 Å². The van der Waals surface area contributed by atoms with Gasteiger partial charge in [0.2, 0.25) is 0 Å². The minimum absolute atomic E-state index is 0.110. The quantitative estimate of drug-likeness (QED) is 0.674. The number of cyclic esters (lactones) is 1. The normalized spacial score (nSPS) is 21.9. The Kier molecular flexibility index (Phi) is 5.40. The molecule has 0 unspecified atom stereocenters. The number of carbonyl (C=O) groups excluding carboxylic acids is 2. The summed E-state index contributed by atoms with van der Waals surface area (Å²) >= 11 is 3.27. The van der Waals surface area contributed by atoms with Gasteiger partial charge in [-0.25, -0.2) is 9.59 Å². The molecule has 0 bridgehead atoms. The topological polar surface area (TPSA) is 64.6 Å². The molecule has 1 amide bonds. The van der Waals surface area contributed by atoms with Crippen molar-refractivity contribution in [2.75, 3.05) is 5.33 Å². The van der Waals surface area contributed by atoms with Gasteiger partial charge >= 0.3 is 12.1 Å². The van der Waals surface area contributed by atoms with Gasteiger partial charge in [-0.2, -0.15) is 0 Å². The second-order valence-electron chi connectivity index (χ2n) is 4.55. The molecular formula is C14H16BrNO4. The molecule has 1 aliphatic heterocycles. The van der Waals surface area contributed by atoms with Crippen molar-refractivity contribution in [2.45, 2.75) is 31.6 Å². The van der Waals surface area contributed by atoms with Crippen LogP contribution >= 0.6 is 15.9 Å². The fourth-order valence-corrected chi connectivity index (χ4v) is 2.38. The van der Waals surface area contributed by atoms with Gasteiger partial charge in [0.15, 0.2) is 0 Å². The number of ether oxygens (including phenoxy) is 2. The number of alkyl carbamates (subject to hydrolysis) is 1. The Balaban J connectivity index is 1.76. The van der Waals surface area contributed by atoms with Crippen LogP contribution in [0.15, 0.2) is 30.3 Å². The van der Waals surface area contributed by atoms with Crippen LogP contribution in [0.3, 0.4) is 0 Å². The van der Waals surface area contributed by atoms with Gasteiger partial charge in [-0.3, -0.25) is 0 Å². The highest BCUT2D eigenvalue weighted by molar-refractivity contribution is 9.09. The maximum Gasteiger partial charge on any atom is 0.408 e. The first-order valence-corrected chi connectivity index (χ1v) is 7.55. The summed E-state index contributed by atoms with van der Waals surface area (Å²) in [6.45, 7) is 0.179. The van der Waals surface area contributed by atoms with Crippen LogP contribution in [0, 0.1) is 0 Å². The van der Waals surface area contributed by atoms with E-state index in [-0.39, 0.29) is 12.7 Å². The first-order chi connectivity index (χ1) is 9.69. The van der Waals surface area contributed by atoms with Crippen molar-refractivity contribution in [3.63, 3.8) is 0 Å². The summed E-state index contributed by atoms with van der Waals surface area (Å²) in [4.78, 5) is 23.3. The van der Waals surface area contributed by atoms with Gasteiger partial charge in [0.05, 0.1) is 0 Å². The number of rotatable bonds is 4. The molecule has 1 N–H and O–H groups in total. The van der Waals surface area contributed by atoms with Crippen molar-refractivity contribution in [3.05, 3.63) is 35.9 Å². The zero-order valence-corrected chi connectivity index (χ0v) is 12.5. The predicted octanol–water partition coefficient (Wildman–Crippen LogP) is 2.38. The third-order valence-corrected chi connectivity index (χ3v) is 3.74. The Morgan fingerprint density at radius 3 is 2.75 bits per heavy atom. The lowest BCUT2D eigenvalue weighted by Gasteiger charge is -2.27. The Morgan fingerprint density at radius 2 is 2.10 bits per heavy atom. The molecule has 0 aromatic heterocycles. The number of alkyl halides is 1. The van der Waals surface area contributed by atoms with E-state index in [1.54, 1.807) is 0 Å². The number of nitrogens with one attached hydrogen (secondary N) is 1. The van der Waals surface area contributed by atoms with Crippen LogP contribution in [0.2, 0.25) is 0 Å². The van der Waals surface area contributed by atoms with E-state index in [9.17, 15) is 9.59 Å². The van der Waals surface area contributed by atoms with Crippen LogP contribution in [0.4, 0.5) is 4.79 Å². The number of amides is 1. The lowest BCUT2D eigenvalue weighted by molar-refractivity contribution is -0.155. The molecule has 0 spiro atoms. The molecule has 108 valence electrons. The molecule has 6 heteroatoms. The highest BCUT2D eigenvalue weighted by Gasteiger charge is 2.30. The molecule has 0 aliphatic carbocycles. The van der Waals surface area contributed by atoms with E-state index >= 15 is 0 Å². The van der Waals surface area contributed by atoms with Gasteiger partial charge in [-0.1, -0.05) is 46.3 Å². The summed E-state index contributed by atoms with van der Waals surface area (Å²) in [5.74, 6) is -0.405. The van der Waals surface area contributed by atoms with Crippen molar-refractivity contribution in [3.8, 4) is 0 Å². The zero-order valence-electron chi connectivity index (χ0n) is 10.9. The fraction of sp³-hybridized carbons (Fsp3) is 0.429. The van der Waals surface area contributed by atoms with Gasteiger partial charge < -0.3 is 14.8 Å². The second kappa shape index (κ2) is 7.28. The number of hydrogen-bond donors (Lipinski definition) is 1. The van der Waals surface area contributed by atoms with Gasteiger partial charge in [0.1, 0.15) is 18.8 Å². The van der Waals surface area contributed by atoms with Crippen molar-refractivity contribution in [1.82, 2.24) is 5.32 Å². The summed E-state index contributed by atoms with van der Waals surface area (Å²) in [6, 6.07) is 8.74. The first kappa shape index (κ1) is 14.8. The number of benzene rings is 1. The number of hydrogen-bond acceptors (Lipinski definition) is 4. The fourth-order valence-electron chi connectivity index (χ4n) is 1.92. The standard InChI is InChI=1S/C14H16BrNO4/c15-8-11-6-7-12(13(17)20-11)16-14(18)19-9-10-4-2-1-3-5-10/h1-5,11-12H,6-9H2,(H,16,18)/t11-,12+/m1/s1. The highest BCUT2D eigenvalue weighted by Crippen LogP contribution is 2.16. The van der Waals surface area contributed by atoms with E-state index in [1.807, 2.05) is 30.3 Å². The summed E-state index contributed by atoms with van der Waals surface area (Å²) in [7, 11) is 0. The van der Waals surface area contributed by atoms with Crippen molar-refractivity contribution >= 4 is 28.0 Å². The summed E-state index contributed by atoms with van der Waals surface area (Å²) < 4.78 is 10.2. The minimum atomic E-state index is -0.617. The smallest absolute Gasteiger partial charge is 0.408 e. The molecule has 1 aromatic carbocycles. The third-order valence-electron chi connectivity index (χ3n) is 3.02. The molecule has 2 rings (SSSR count). The number of esters is 1. The van der Waals surface area contributed by atoms with E-state index in [2.05, 4.69) is 21.2 Å². The Morgan fingerprint density at radius 1 is 1.35 bits per heavy atom. The molecule has 5 nitrogen and oxygen atoms in total.